The summed E-state index contributed by atoms with van der Waals surface area (Å²) in [6.07, 6.45) is 5.36. The Morgan fingerprint density at radius 1 is 1.22 bits per heavy atom. The number of hydrogen-bond donors (Lipinski definition) is 3. The number of carboxylic acid groups (broad SMARTS) is 1. The van der Waals surface area contributed by atoms with E-state index in [4.69, 9.17) is 14.6 Å². The van der Waals surface area contributed by atoms with Crippen molar-refractivity contribution in [3.63, 3.8) is 0 Å². The average molecular weight is 518 g/mol. The van der Waals surface area contributed by atoms with Crippen LogP contribution in [-0.2, 0) is 24.2 Å². The molecular formula is C27H24FN5O3S. The second-order valence-electron chi connectivity index (χ2n) is 8.62. The number of anilines is 2. The van der Waals surface area contributed by atoms with Crippen LogP contribution < -0.4 is 10.1 Å². The smallest absolute Gasteiger partial charge is 0.300 e. The number of thiophene rings is 1. The lowest BCUT2D eigenvalue weighted by molar-refractivity contribution is -0.134. The summed E-state index contributed by atoms with van der Waals surface area (Å²) >= 11 is 1.69. The minimum Gasteiger partial charge on any atom is -0.489 e. The first-order valence-corrected chi connectivity index (χ1v) is 12.4. The van der Waals surface area contributed by atoms with Crippen LogP contribution >= 0.6 is 11.3 Å². The second-order valence-corrected chi connectivity index (χ2v) is 9.62. The summed E-state index contributed by atoms with van der Waals surface area (Å²) in [5, 5.41) is 19.3. The number of ether oxygens (including phenoxy) is 1. The number of aromatic nitrogens is 4. The van der Waals surface area contributed by atoms with Crippen LogP contribution in [0.5, 0.6) is 5.75 Å². The number of aliphatic carboxylic acids is 1. The van der Waals surface area contributed by atoms with Crippen LogP contribution in [0.4, 0.5) is 15.9 Å². The number of H-pyrrole nitrogens is 1. The molecule has 1 aliphatic carbocycles. The van der Waals surface area contributed by atoms with Gasteiger partial charge >= 0.3 is 0 Å². The fraction of sp³-hybridized carbons (Fsp3) is 0.185. The van der Waals surface area contributed by atoms with Gasteiger partial charge in [0.2, 0.25) is 0 Å². The zero-order chi connectivity index (χ0) is 25.9. The van der Waals surface area contributed by atoms with E-state index in [1.54, 1.807) is 23.7 Å². The van der Waals surface area contributed by atoms with E-state index in [1.165, 1.54) is 33.8 Å². The van der Waals surface area contributed by atoms with Crippen molar-refractivity contribution >= 4 is 39.0 Å². The molecule has 3 N–H and O–H groups in total. The number of carboxylic acids is 1. The number of aryl methyl sites for hydroxylation is 3. The van der Waals surface area contributed by atoms with Crippen molar-refractivity contribution in [1.29, 1.82) is 0 Å². The predicted molar refractivity (Wildman–Crippen MR) is 141 cm³/mol. The van der Waals surface area contributed by atoms with Crippen molar-refractivity contribution < 1.29 is 19.0 Å². The lowest BCUT2D eigenvalue weighted by atomic mass is 9.95. The van der Waals surface area contributed by atoms with Crippen LogP contribution in [0.2, 0.25) is 0 Å². The largest absolute Gasteiger partial charge is 0.489 e. The number of carbonyl (C=O) groups is 1. The molecule has 0 saturated carbocycles. The highest BCUT2D eigenvalue weighted by atomic mass is 32.1. The summed E-state index contributed by atoms with van der Waals surface area (Å²) in [6.45, 7) is 3.39. The van der Waals surface area contributed by atoms with E-state index < -0.39 is 5.97 Å². The molecule has 0 aliphatic heterocycles. The Hall–Kier alpha value is -4.31. The van der Waals surface area contributed by atoms with Crippen molar-refractivity contribution in [1.82, 2.24) is 20.2 Å². The Labute approximate surface area is 216 Å². The van der Waals surface area contributed by atoms with Gasteiger partial charge in [0.25, 0.3) is 5.97 Å². The lowest BCUT2D eigenvalue weighted by Crippen LogP contribution is -2.02. The van der Waals surface area contributed by atoms with Gasteiger partial charge in [-0.3, -0.25) is 9.89 Å². The Kier molecular flexibility index (Phi) is 6.82. The molecule has 0 fully saturated rings. The zero-order valence-corrected chi connectivity index (χ0v) is 21.0. The van der Waals surface area contributed by atoms with Gasteiger partial charge < -0.3 is 15.2 Å². The summed E-state index contributed by atoms with van der Waals surface area (Å²) in [7, 11) is 0. The van der Waals surface area contributed by atoms with E-state index in [2.05, 4.69) is 25.5 Å². The fourth-order valence-electron chi connectivity index (χ4n) is 4.30. The average Bonchev–Trinajstić information content (AvgIpc) is 3.48. The van der Waals surface area contributed by atoms with Gasteiger partial charge in [0, 0.05) is 28.7 Å². The number of aromatic amines is 1. The monoisotopic (exact) mass is 517 g/mol. The summed E-state index contributed by atoms with van der Waals surface area (Å²) in [4.78, 5) is 20.3. The maximum atomic E-state index is 13.4. The van der Waals surface area contributed by atoms with Gasteiger partial charge in [-0.15, -0.1) is 11.3 Å². The zero-order valence-electron chi connectivity index (χ0n) is 20.2. The van der Waals surface area contributed by atoms with E-state index in [1.807, 2.05) is 37.4 Å². The number of halogens is 1. The first kappa shape index (κ1) is 24.4. The summed E-state index contributed by atoms with van der Waals surface area (Å²) in [6, 6.07) is 12.4. The van der Waals surface area contributed by atoms with Crippen LogP contribution in [-0.4, -0.2) is 31.2 Å². The van der Waals surface area contributed by atoms with E-state index >= 15 is 0 Å². The van der Waals surface area contributed by atoms with Crippen LogP contribution in [0, 0.1) is 12.7 Å². The van der Waals surface area contributed by atoms with Crippen molar-refractivity contribution in [3.05, 3.63) is 83.2 Å². The molecule has 2 aromatic carbocycles. The lowest BCUT2D eigenvalue weighted by Gasteiger charge is -2.14. The van der Waals surface area contributed by atoms with E-state index in [9.17, 15) is 4.39 Å². The van der Waals surface area contributed by atoms with Gasteiger partial charge in [0.15, 0.2) is 0 Å². The van der Waals surface area contributed by atoms with E-state index in [-0.39, 0.29) is 5.82 Å². The van der Waals surface area contributed by atoms with Gasteiger partial charge in [0.05, 0.1) is 11.6 Å². The van der Waals surface area contributed by atoms with Crippen LogP contribution in [0.25, 0.3) is 20.7 Å². The van der Waals surface area contributed by atoms with Gasteiger partial charge in [-0.2, -0.15) is 5.10 Å². The SMILES string of the molecule is CC(=O)O.Cc1cc(Nc2ncnc3sc4c(c23)CCc2[nH]ncc2-4)ccc1OCc1cccc(F)c1. The Morgan fingerprint density at radius 3 is 2.84 bits per heavy atom. The third-order valence-electron chi connectivity index (χ3n) is 5.90. The van der Waals surface area contributed by atoms with Gasteiger partial charge in [-0.25, -0.2) is 14.4 Å². The number of nitrogens with one attached hydrogen (secondary N) is 2. The first-order valence-electron chi connectivity index (χ1n) is 11.6. The molecule has 5 aromatic rings. The highest BCUT2D eigenvalue weighted by Crippen LogP contribution is 2.44. The van der Waals surface area contributed by atoms with E-state index in [0.29, 0.717) is 6.61 Å². The molecule has 0 unspecified atom stereocenters. The van der Waals surface area contributed by atoms with E-state index in [0.717, 1.165) is 58.4 Å². The quantitative estimate of drug-likeness (QED) is 0.260. The molecule has 8 nitrogen and oxygen atoms in total. The maximum absolute atomic E-state index is 13.4. The first-order chi connectivity index (χ1) is 17.9. The van der Waals surface area contributed by atoms with Crippen LogP contribution in [0.15, 0.2) is 55.0 Å². The number of nitrogens with zero attached hydrogens (tertiary/aromatic N) is 3. The minimum absolute atomic E-state index is 0.261. The predicted octanol–water partition coefficient (Wildman–Crippen LogP) is 6.04. The normalized spacial score (nSPS) is 11.8. The fourth-order valence-corrected chi connectivity index (χ4v) is 5.53. The molecule has 0 amide bonds. The summed E-state index contributed by atoms with van der Waals surface area (Å²) in [5.41, 5.74) is 6.33. The molecule has 0 radical (unpaired) electrons. The van der Waals surface area contributed by atoms with Crippen molar-refractivity contribution in [2.24, 2.45) is 0 Å². The van der Waals surface area contributed by atoms with Crippen molar-refractivity contribution in [2.75, 3.05) is 5.32 Å². The molecule has 3 aromatic heterocycles. The van der Waals surface area contributed by atoms with Crippen molar-refractivity contribution in [3.8, 4) is 16.2 Å². The molecule has 37 heavy (non-hydrogen) atoms. The molecule has 3 heterocycles. The Balaban J connectivity index is 0.000000655. The Morgan fingerprint density at radius 2 is 2.05 bits per heavy atom. The second kappa shape index (κ2) is 10.4. The molecule has 188 valence electrons. The topological polar surface area (TPSA) is 113 Å². The molecule has 0 saturated heterocycles. The van der Waals surface area contributed by atoms with Crippen molar-refractivity contribution in [2.45, 2.75) is 33.3 Å². The number of fused-ring (bicyclic) bond motifs is 5. The molecule has 1 aliphatic rings. The Bertz CT molecular complexity index is 1590. The minimum atomic E-state index is -0.833. The molecule has 0 bridgehead atoms. The van der Waals surface area contributed by atoms with Gasteiger partial charge in [0.1, 0.15) is 35.1 Å². The van der Waals surface area contributed by atoms with Gasteiger partial charge in [-0.1, -0.05) is 12.1 Å². The summed E-state index contributed by atoms with van der Waals surface area (Å²) < 4.78 is 19.3. The molecule has 0 atom stereocenters. The maximum Gasteiger partial charge on any atom is 0.300 e. The molecule has 0 spiro atoms. The standard InChI is InChI=1S/C25H20FN5OS.C2H4O2/c1-14-9-17(5-8-21(14)32-12-15-3-2-4-16(26)10-15)30-24-22-18-6-7-20-19(11-29-31-20)23(18)33-25(22)28-13-27-24;1-2(3)4/h2-5,8-11,13H,6-7,12H2,1H3,(H,29,31)(H,27,28,30);1H3,(H,3,4). The highest BCUT2D eigenvalue weighted by Gasteiger charge is 2.25. The van der Waals surface area contributed by atoms with Gasteiger partial charge in [-0.05, 0) is 66.8 Å². The molecule has 10 heteroatoms. The number of rotatable bonds is 5. The van der Waals surface area contributed by atoms with Crippen LogP contribution in [0.3, 0.4) is 0 Å². The molecular weight excluding hydrogens is 493 g/mol. The third-order valence-corrected chi connectivity index (χ3v) is 7.07. The number of hydrogen-bond acceptors (Lipinski definition) is 7. The third kappa shape index (κ3) is 5.29. The van der Waals surface area contributed by atoms with Crippen LogP contribution in [0.1, 0.15) is 29.3 Å². The highest BCUT2D eigenvalue weighted by molar-refractivity contribution is 7.22. The number of benzene rings is 2. The molecule has 6 rings (SSSR count). The summed E-state index contributed by atoms with van der Waals surface area (Å²) in [5.74, 6) is 0.471.